The van der Waals surface area contributed by atoms with Gasteiger partial charge in [-0.05, 0) is 31.9 Å². The molecule has 1 aliphatic carbocycles. The number of hydrogen-bond donors (Lipinski definition) is 2. The molecular weight excluding hydrogens is 483 g/mol. The molecule has 13 heteroatoms. The van der Waals surface area contributed by atoms with Gasteiger partial charge in [0.2, 0.25) is 0 Å². The van der Waals surface area contributed by atoms with Gasteiger partial charge in [0.25, 0.3) is 5.91 Å². The molecular formula is C22H20F3N7O2S. The fraction of sp³-hybridized carbons (Fsp3) is 0.318. The van der Waals surface area contributed by atoms with Gasteiger partial charge in [-0.15, -0.1) is 11.3 Å². The molecule has 0 aliphatic heterocycles. The fourth-order valence-electron chi connectivity index (χ4n) is 3.77. The lowest BCUT2D eigenvalue weighted by atomic mass is 9.89. The van der Waals surface area contributed by atoms with Crippen molar-refractivity contribution in [3.63, 3.8) is 0 Å². The number of hydrogen-bond acceptors (Lipinski definition) is 7. The van der Waals surface area contributed by atoms with Crippen molar-refractivity contribution in [2.24, 2.45) is 0 Å². The van der Waals surface area contributed by atoms with Crippen molar-refractivity contribution in [3.8, 4) is 22.0 Å². The van der Waals surface area contributed by atoms with E-state index < -0.39 is 17.8 Å². The molecule has 35 heavy (non-hydrogen) atoms. The molecule has 1 aliphatic rings. The summed E-state index contributed by atoms with van der Waals surface area (Å²) in [6, 6.07) is 3.60. The number of aromatic amines is 1. The van der Waals surface area contributed by atoms with Gasteiger partial charge in [-0.2, -0.15) is 23.4 Å². The first-order valence-corrected chi connectivity index (χ1v) is 11.7. The SMILES string of the molecule is CCO[C@H]1C[C@@H](n2cc(NC(=O)c3csc(-c4cn[nH]c4)n3)c(-c3cccc(C(F)(F)F)n3)n2)C1. The first kappa shape index (κ1) is 23.2. The average molecular weight is 504 g/mol. The van der Waals surface area contributed by atoms with Crippen molar-refractivity contribution in [2.45, 2.75) is 38.1 Å². The van der Waals surface area contributed by atoms with Crippen LogP contribution in [-0.2, 0) is 10.9 Å². The number of pyridine rings is 1. The van der Waals surface area contributed by atoms with Gasteiger partial charge in [-0.1, -0.05) is 6.07 Å². The van der Waals surface area contributed by atoms with Crippen molar-refractivity contribution in [1.82, 2.24) is 29.9 Å². The number of halogens is 3. The summed E-state index contributed by atoms with van der Waals surface area (Å²) in [6.07, 6.45) is 1.82. The highest BCUT2D eigenvalue weighted by molar-refractivity contribution is 7.13. The summed E-state index contributed by atoms with van der Waals surface area (Å²) in [7, 11) is 0. The molecule has 4 aromatic rings. The number of ether oxygens (including phenoxy) is 1. The van der Waals surface area contributed by atoms with Crippen LogP contribution in [0.1, 0.15) is 42.0 Å². The molecule has 0 saturated heterocycles. The highest BCUT2D eigenvalue weighted by Crippen LogP contribution is 2.37. The molecule has 1 fully saturated rings. The molecule has 0 unspecified atom stereocenters. The lowest BCUT2D eigenvalue weighted by Gasteiger charge is -2.34. The first-order chi connectivity index (χ1) is 16.8. The molecule has 4 heterocycles. The number of anilines is 1. The maximum atomic E-state index is 13.3. The topological polar surface area (TPSA) is 111 Å². The molecule has 0 bridgehead atoms. The highest BCUT2D eigenvalue weighted by atomic mass is 32.1. The van der Waals surface area contributed by atoms with Gasteiger partial charge in [0.1, 0.15) is 22.1 Å². The Balaban J connectivity index is 1.44. The molecule has 1 saturated carbocycles. The van der Waals surface area contributed by atoms with Crippen molar-refractivity contribution in [1.29, 1.82) is 0 Å². The number of thiazole rings is 1. The van der Waals surface area contributed by atoms with Gasteiger partial charge in [0.15, 0.2) is 0 Å². The summed E-state index contributed by atoms with van der Waals surface area (Å²) < 4.78 is 47.0. The first-order valence-electron chi connectivity index (χ1n) is 10.8. The third-order valence-electron chi connectivity index (χ3n) is 5.59. The lowest BCUT2D eigenvalue weighted by molar-refractivity contribution is -0.141. The average Bonchev–Trinajstić information content (AvgIpc) is 3.56. The zero-order chi connectivity index (χ0) is 24.6. The number of aromatic nitrogens is 6. The van der Waals surface area contributed by atoms with Crippen LogP contribution in [0.5, 0.6) is 0 Å². The Morgan fingerprint density at radius 3 is 2.86 bits per heavy atom. The Labute approximate surface area is 201 Å². The van der Waals surface area contributed by atoms with E-state index >= 15 is 0 Å². The van der Waals surface area contributed by atoms with E-state index in [1.165, 1.54) is 23.5 Å². The van der Waals surface area contributed by atoms with Gasteiger partial charge in [-0.3, -0.25) is 14.6 Å². The Bertz CT molecular complexity index is 1330. The van der Waals surface area contributed by atoms with E-state index in [9.17, 15) is 18.0 Å². The van der Waals surface area contributed by atoms with Crippen molar-refractivity contribution in [2.75, 3.05) is 11.9 Å². The molecule has 0 atom stereocenters. The summed E-state index contributed by atoms with van der Waals surface area (Å²) in [5.74, 6) is -0.510. The highest BCUT2D eigenvalue weighted by Gasteiger charge is 2.34. The van der Waals surface area contributed by atoms with E-state index in [0.29, 0.717) is 11.6 Å². The van der Waals surface area contributed by atoms with E-state index in [0.717, 1.165) is 24.5 Å². The Morgan fingerprint density at radius 1 is 1.31 bits per heavy atom. The number of alkyl halides is 3. The summed E-state index contributed by atoms with van der Waals surface area (Å²) in [4.78, 5) is 21.0. The number of amides is 1. The number of carbonyl (C=O) groups is 1. The number of rotatable bonds is 7. The molecule has 0 radical (unpaired) electrons. The number of carbonyl (C=O) groups excluding carboxylic acids is 1. The second-order valence-electron chi connectivity index (χ2n) is 7.96. The van der Waals surface area contributed by atoms with E-state index in [1.54, 1.807) is 28.7 Å². The van der Waals surface area contributed by atoms with Gasteiger partial charge < -0.3 is 10.1 Å². The summed E-state index contributed by atoms with van der Waals surface area (Å²) >= 11 is 1.28. The van der Waals surface area contributed by atoms with Crippen LogP contribution < -0.4 is 5.32 Å². The van der Waals surface area contributed by atoms with E-state index in [2.05, 4.69) is 30.6 Å². The Kier molecular flexibility index (Phi) is 6.11. The molecule has 182 valence electrons. The van der Waals surface area contributed by atoms with E-state index in [1.807, 2.05) is 6.92 Å². The summed E-state index contributed by atoms with van der Waals surface area (Å²) in [5, 5.41) is 16.0. The van der Waals surface area contributed by atoms with E-state index in [-0.39, 0.29) is 34.9 Å². The standard InChI is InChI=1S/C22H20F3N7O2S/c1-2-34-14-6-13(7-14)32-10-16(19(31-32)15-4-3-5-18(28-15)22(23,24)25)29-20(33)17-11-35-21(30-17)12-8-26-27-9-12/h3-5,8-11,13-14H,2,6-7H2,1H3,(H,26,27)(H,29,33)/t13-,14+. The van der Waals surface area contributed by atoms with Gasteiger partial charge in [-0.25, -0.2) is 9.97 Å². The van der Waals surface area contributed by atoms with Crippen LogP contribution in [-0.4, -0.2) is 48.6 Å². The van der Waals surface area contributed by atoms with Crippen LogP contribution in [0.3, 0.4) is 0 Å². The van der Waals surface area contributed by atoms with Crippen LogP contribution in [0.2, 0.25) is 0 Å². The maximum absolute atomic E-state index is 13.3. The van der Waals surface area contributed by atoms with Crippen molar-refractivity contribution in [3.05, 3.63) is 53.6 Å². The molecule has 4 aromatic heterocycles. The maximum Gasteiger partial charge on any atom is 0.433 e. The zero-order valence-corrected chi connectivity index (χ0v) is 19.2. The monoisotopic (exact) mass is 503 g/mol. The molecule has 1 amide bonds. The minimum absolute atomic E-state index is 0.00641. The lowest BCUT2D eigenvalue weighted by Crippen LogP contribution is -2.33. The minimum atomic E-state index is -4.61. The second kappa shape index (κ2) is 9.23. The molecule has 9 nitrogen and oxygen atoms in total. The summed E-state index contributed by atoms with van der Waals surface area (Å²) in [5.41, 5.74) is 0.277. The predicted molar refractivity (Wildman–Crippen MR) is 122 cm³/mol. The third kappa shape index (κ3) is 4.82. The van der Waals surface area contributed by atoms with Crippen molar-refractivity contribution >= 4 is 22.9 Å². The quantitative estimate of drug-likeness (QED) is 0.375. The molecule has 0 spiro atoms. The normalized spacial score (nSPS) is 17.8. The minimum Gasteiger partial charge on any atom is -0.378 e. The zero-order valence-electron chi connectivity index (χ0n) is 18.4. The Morgan fingerprint density at radius 2 is 2.14 bits per heavy atom. The van der Waals surface area contributed by atoms with Gasteiger partial charge >= 0.3 is 6.18 Å². The molecule has 5 rings (SSSR count). The van der Waals surface area contributed by atoms with Crippen LogP contribution in [0.4, 0.5) is 18.9 Å². The number of nitrogens with one attached hydrogen (secondary N) is 2. The van der Waals surface area contributed by atoms with Crippen LogP contribution in [0.25, 0.3) is 22.0 Å². The predicted octanol–water partition coefficient (Wildman–Crippen LogP) is 4.80. The fourth-order valence-corrected chi connectivity index (χ4v) is 4.56. The van der Waals surface area contributed by atoms with Gasteiger partial charge in [0, 0.05) is 29.9 Å². The molecule has 2 N–H and O–H groups in total. The van der Waals surface area contributed by atoms with Crippen LogP contribution in [0.15, 0.2) is 42.2 Å². The van der Waals surface area contributed by atoms with Crippen LogP contribution >= 0.6 is 11.3 Å². The largest absolute Gasteiger partial charge is 0.433 e. The number of nitrogens with zero attached hydrogens (tertiary/aromatic N) is 5. The Hall–Kier alpha value is -3.58. The molecule has 0 aromatic carbocycles. The van der Waals surface area contributed by atoms with Gasteiger partial charge in [0.05, 0.1) is 29.7 Å². The number of H-pyrrole nitrogens is 1. The van der Waals surface area contributed by atoms with Crippen LogP contribution in [0, 0.1) is 0 Å². The smallest absolute Gasteiger partial charge is 0.378 e. The second-order valence-corrected chi connectivity index (χ2v) is 8.82. The van der Waals surface area contributed by atoms with E-state index in [4.69, 9.17) is 4.74 Å². The summed E-state index contributed by atoms with van der Waals surface area (Å²) in [6.45, 7) is 2.52. The third-order valence-corrected chi connectivity index (χ3v) is 6.48. The van der Waals surface area contributed by atoms with Crippen molar-refractivity contribution < 1.29 is 22.7 Å².